The number of aliphatic imine (C=N–C) groups is 1. The monoisotopic (exact) mass is 403 g/mol. The average molecular weight is 404 g/mol. The molecule has 0 radical (unpaired) electrons. The third kappa shape index (κ3) is 4.36. The van der Waals surface area contributed by atoms with Gasteiger partial charge in [-0.15, -0.1) is 0 Å². The summed E-state index contributed by atoms with van der Waals surface area (Å²) in [4.78, 5) is 31.9. The number of hydrogen-bond donors (Lipinski definition) is 1. The van der Waals surface area contributed by atoms with E-state index in [0.29, 0.717) is 27.8 Å². The fraction of sp³-hybridized carbons (Fsp3) is 0.0870. The molecule has 5 nitrogen and oxygen atoms in total. The standard InChI is InChI=1S/C23H18ClN3O2/c24-17-9-6-10-18(13-17)25-22(28)15-27-21-12-5-4-11-19(21)26-20(14-23(27)29)16-7-2-1-3-8-16/h1-13H,14-15H2,(H,25,28). The topological polar surface area (TPSA) is 61.8 Å². The Hall–Kier alpha value is -3.44. The van der Waals surface area contributed by atoms with Crippen LogP contribution in [0.2, 0.25) is 5.02 Å². The number of rotatable bonds is 4. The van der Waals surface area contributed by atoms with Crippen molar-refractivity contribution in [2.45, 2.75) is 6.42 Å². The molecule has 1 heterocycles. The summed E-state index contributed by atoms with van der Waals surface area (Å²) in [7, 11) is 0. The van der Waals surface area contributed by atoms with Crippen LogP contribution in [0.15, 0.2) is 83.9 Å². The SMILES string of the molecule is O=C(CN1C(=O)CC(c2ccccc2)=Nc2ccccc21)Nc1cccc(Cl)c1. The Labute approximate surface area is 173 Å². The van der Waals surface area contributed by atoms with Crippen LogP contribution >= 0.6 is 11.6 Å². The van der Waals surface area contributed by atoms with Gasteiger partial charge in [0.25, 0.3) is 0 Å². The van der Waals surface area contributed by atoms with Crippen LogP contribution in [-0.4, -0.2) is 24.1 Å². The highest BCUT2D eigenvalue weighted by Crippen LogP contribution is 2.32. The van der Waals surface area contributed by atoms with Crippen molar-refractivity contribution in [1.29, 1.82) is 0 Å². The van der Waals surface area contributed by atoms with E-state index in [1.165, 1.54) is 4.90 Å². The molecule has 2 amide bonds. The number of anilines is 2. The number of hydrogen-bond acceptors (Lipinski definition) is 3. The van der Waals surface area contributed by atoms with Crippen LogP contribution < -0.4 is 10.2 Å². The average Bonchev–Trinajstić information content (AvgIpc) is 2.85. The molecule has 1 aliphatic heterocycles. The molecule has 1 N–H and O–H groups in total. The van der Waals surface area contributed by atoms with Gasteiger partial charge < -0.3 is 10.2 Å². The first-order valence-electron chi connectivity index (χ1n) is 9.18. The zero-order chi connectivity index (χ0) is 20.2. The Morgan fingerprint density at radius 3 is 2.55 bits per heavy atom. The zero-order valence-corrected chi connectivity index (χ0v) is 16.3. The Morgan fingerprint density at radius 1 is 1.00 bits per heavy atom. The van der Waals surface area contributed by atoms with Crippen molar-refractivity contribution in [3.05, 3.63) is 89.4 Å². The first kappa shape index (κ1) is 18.9. The fourth-order valence-electron chi connectivity index (χ4n) is 3.23. The van der Waals surface area contributed by atoms with Gasteiger partial charge >= 0.3 is 0 Å². The van der Waals surface area contributed by atoms with Gasteiger partial charge in [-0.2, -0.15) is 0 Å². The molecule has 0 saturated heterocycles. The molecule has 29 heavy (non-hydrogen) atoms. The molecule has 0 spiro atoms. The van der Waals surface area contributed by atoms with Gasteiger partial charge in [0.15, 0.2) is 0 Å². The van der Waals surface area contributed by atoms with E-state index in [9.17, 15) is 9.59 Å². The number of halogens is 1. The molecule has 4 rings (SSSR count). The Bertz CT molecular complexity index is 1100. The summed E-state index contributed by atoms with van der Waals surface area (Å²) >= 11 is 5.98. The Kier molecular flexibility index (Phi) is 5.40. The molecular formula is C23H18ClN3O2. The maximum Gasteiger partial charge on any atom is 0.244 e. The summed E-state index contributed by atoms with van der Waals surface area (Å²) < 4.78 is 0. The highest BCUT2D eigenvalue weighted by Gasteiger charge is 2.26. The second-order valence-corrected chi connectivity index (χ2v) is 7.06. The lowest BCUT2D eigenvalue weighted by Crippen LogP contribution is -2.38. The van der Waals surface area contributed by atoms with Gasteiger partial charge in [0.1, 0.15) is 6.54 Å². The van der Waals surface area contributed by atoms with Crippen LogP contribution in [-0.2, 0) is 9.59 Å². The maximum absolute atomic E-state index is 13.0. The van der Waals surface area contributed by atoms with Crippen LogP contribution in [0.1, 0.15) is 12.0 Å². The largest absolute Gasteiger partial charge is 0.324 e. The highest BCUT2D eigenvalue weighted by molar-refractivity contribution is 6.31. The number of fused-ring (bicyclic) bond motifs is 1. The number of para-hydroxylation sites is 2. The highest BCUT2D eigenvalue weighted by atomic mass is 35.5. The van der Waals surface area contributed by atoms with E-state index >= 15 is 0 Å². The van der Waals surface area contributed by atoms with Crippen LogP contribution in [0.3, 0.4) is 0 Å². The molecule has 0 atom stereocenters. The number of nitrogens with one attached hydrogen (secondary N) is 1. The number of carbonyl (C=O) groups excluding carboxylic acids is 2. The summed E-state index contributed by atoms with van der Waals surface area (Å²) in [5, 5.41) is 3.32. The molecule has 1 aliphatic rings. The quantitative estimate of drug-likeness (QED) is 0.677. The van der Waals surface area contributed by atoms with Gasteiger partial charge in [0.05, 0.1) is 23.5 Å². The molecule has 6 heteroatoms. The summed E-state index contributed by atoms with van der Waals surface area (Å²) in [6, 6.07) is 23.8. The van der Waals surface area contributed by atoms with E-state index in [-0.39, 0.29) is 24.8 Å². The minimum atomic E-state index is -0.307. The van der Waals surface area contributed by atoms with Gasteiger partial charge in [0, 0.05) is 10.7 Å². The molecule has 3 aromatic rings. The lowest BCUT2D eigenvalue weighted by Gasteiger charge is -2.22. The van der Waals surface area contributed by atoms with Crippen molar-refractivity contribution >= 4 is 46.2 Å². The number of nitrogens with zero attached hydrogens (tertiary/aromatic N) is 2. The third-order valence-electron chi connectivity index (χ3n) is 4.56. The van der Waals surface area contributed by atoms with Crippen molar-refractivity contribution in [2.75, 3.05) is 16.8 Å². The van der Waals surface area contributed by atoms with E-state index in [1.54, 1.807) is 30.3 Å². The third-order valence-corrected chi connectivity index (χ3v) is 4.80. The minimum absolute atomic E-state index is 0.111. The van der Waals surface area contributed by atoms with E-state index in [4.69, 9.17) is 16.6 Å². The summed E-state index contributed by atoms with van der Waals surface area (Å²) in [5.74, 6) is -0.489. The molecular weight excluding hydrogens is 386 g/mol. The molecule has 144 valence electrons. The first-order valence-corrected chi connectivity index (χ1v) is 9.56. The van der Waals surface area contributed by atoms with Crippen LogP contribution in [0.4, 0.5) is 17.1 Å². The van der Waals surface area contributed by atoms with Crippen molar-refractivity contribution in [2.24, 2.45) is 4.99 Å². The van der Waals surface area contributed by atoms with Crippen LogP contribution in [0.5, 0.6) is 0 Å². The molecule has 0 fully saturated rings. The lowest BCUT2D eigenvalue weighted by molar-refractivity contribution is -0.120. The first-order chi connectivity index (χ1) is 14.1. The molecule has 0 saturated carbocycles. The summed E-state index contributed by atoms with van der Waals surface area (Å²) in [6.45, 7) is -0.111. The predicted octanol–water partition coefficient (Wildman–Crippen LogP) is 4.84. The molecule has 0 bridgehead atoms. The smallest absolute Gasteiger partial charge is 0.244 e. The van der Waals surface area contributed by atoms with Crippen molar-refractivity contribution in [3.8, 4) is 0 Å². The van der Waals surface area contributed by atoms with Gasteiger partial charge in [-0.05, 0) is 35.9 Å². The molecule has 0 unspecified atom stereocenters. The van der Waals surface area contributed by atoms with Crippen LogP contribution in [0, 0.1) is 0 Å². The number of carbonyl (C=O) groups is 2. The van der Waals surface area contributed by atoms with Gasteiger partial charge in [-0.25, -0.2) is 0 Å². The van der Waals surface area contributed by atoms with Gasteiger partial charge in [-0.3, -0.25) is 14.6 Å². The second-order valence-electron chi connectivity index (χ2n) is 6.63. The van der Waals surface area contributed by atoms with E-state index in [1.807, 2.05) is 48.5 Å². The molecule has 0 aliphatic carbocycles. The number of benzene rings is 3. The Morgan fingerprint density at radius 2 is 1.76 bits per heavy atom. The van der Waals surface area contributed by atoms with Gasteiger partial charge in [-0.1, -0.05) is 60.1 Å². The summed E-state index contributed by atoms with van der Waals surface area (Å²) in [5.41, 5.74) is 3.43. The van der Waals surface area contributed by atoms with Crippen LogP contribution in [0.25, 0.3) is 0 Å². The van der Waals surface area contributed by atoms with E-state index in [2.05, 4.69) is 5.32 Å². The maximum atomic E-state index is 13.0. The Balaban J connectivity index is 1.61. The minimum Gasteiger partial charge on any atom is -0.324 e. The predicted molar refractivity (Wildman–Crippen MR) is 116 cm³/mol. The molecule has 0 aromatic heterocycles. The van der Waals surface area contributed by atoms with Gasteiger partial charge in [0.2, 0.25) is 11.8 Å². The van der Waals surface area contributed by atoms with E-state index in [0.717, 1.165) is 5.56 Å². The van der Waals surface area contributed by atoms with Crippen molar-refractivity contribution < 1.29 is 9.59 Å². The summed E-state index contributed by atoms with van der Waals surface area (Å²) in [6.07, 6.45) is 0.114. The van der Waals surface area contributed by atoms with Crippen molar-refractivity contribution in [3.63, 3.8) is 0 Å². The second kappa shape index (κ2) is 8.29. The van der Waals surface area contributed by atoms with Crippen molar-refractivity contribution in [1.82, 2.24) is 0 Å². The molecule has 3 aromatic carbocycles. The lowest BCUT2D eigenvalue weighted by atomic mass is 10.1. The number of amides is 2. The normalized spacial score (nSPS) is 13.3. The van der Waals surface area contributed by atoms with E-state index < -0.39 is 0 Å². The zero-order valence-electron chi connectivity index (χ0n) is 15.5. The fourth-order valence-corrected chi connectivity index (χ4v) is 3.42.